The zero-order chi connectivity index (χ0) is 17.0. The van der Waals surface area contributed by atoms with Crippen LogP contribution in [0, 0.1) is 11.6 Å². The Labute approximate surface area is 148 Å². The molecule has 1 heterocycles. The third kappa shape index (κ3) is 5.13. The van der Waals surface area contributed by atoms with E-state index in [0.717, 1.165) is 38.1 Å². The lowest BCUT2D eigenvalue weighted by Crippen LogP contribution is -2.48. The van der Waals surface area contributed by atoms with Gasteiger partial charge in [-0.15, -0.1) is 12.4 Å². The van der Waals surface area contributed by atoms with Crippen molar-refractivity contribution >= 4 is 18.3 Å². The van der Waals surface area contributed by atoms with Crippen LogP contribution in [-0.2, 0) is 4.79 Å². The number of rotatable bonds is 5. The van der Waals surface area contributed by atoms with Gasteiger partial charge in [-0.25, -0.2) is 8.78 Å². The van der Waals surface area contributed by atoms with Gasteiger partial charge in [0.15, 0.2) is 11.6 Å². The minimum atomic E-state index is -0.886. The quantitative estimate of drug-likeness (QED) is 0.875. The van der Waals surface area contributed by atoms with Crippen LogP contribution >= 0.6 is 12.4 Å². The van der Waals surface area contributed by atoms with Crippen molar-refractivity contribution in [3.05, 3.63) is 35.4 Å². The van der Waals surface area contributed by atoms with E-state index < -0.39 is 11.6 Å². The van der Waals surface area contributed by atoms with E-state index >= 15 is 0 Å². The van der Waals surface area contributed by atoms with E-state index in [0.29, 0.717) is 18.2 Å². The van der Waals surface area contributed by atoms with E-state index in [4.69, 9.17) is 0 Å². The second kappa shape index (κ2) is 9.30. The summed E-state index contributed by atoms with van der Waals surface area (Å²) in [5, 5.41) is 3.25. The monoisotopic (exact) mass is 361 g/mol. The number of likely N-dealkylation sites (N-methyl/N-ethyl adjacent to an activating group) is 2. The molecular formula is C17H26ClF2N3O. The Hall–Kier alpha value is -1.24. The second-order valence-corrected chi connectivity index (χ2v) is 6.22. The lowest BCUT2D eigenvalue weighted by atomic mass is 10.1. The minimum absolute atomic E-state index is 0. The van der Waals surface area contributed by atoms with Crippen LogP contribution < -0.4 is 5.32 Å². The van der Waals surface area contributed by atoms with E-state index in [9.17, 15) is 13.6 Å². The Morgan fingerprint density at radius 1 is 1.42 bits per heavy atom. The Morgan fingerprint density at radius 2 is 2.12 bits per heavy atom. The molecule has 2 rings (SSSR count). The standard InChI is InChI=1S/C17H25F2N3O.ClH/c1-12(13-6-7-15(18)16(19)9-13)21(3)17(23)11-22-8-4-5-14(10-22)20-2;/h6-7,9,12,14,20H,4-5,8,10-11H2,1-3H3;1H. The van der Waals surface area contributed by atoms with Crippen molar-refractivity contribution < 1.29 is 13.6 Å². The minimum Gasteiger partial charge on any atom is -0.338 e. The molecule has 1 saturated heterocycles. The van der Waals surface area contributed by atoms with Crippen LogP contribution in [0.3, 0.4) is 0 Å². The van der Waals surface area contributed by atoms with Crippen LogP contribution in [0.15, 0.2) is 18.2 Å². The van der Waals surface area contributed by atoms with Crippen LogP contribution in [0.25, 0.3) is 0 Å². The fraction of sp³-hybridized carbons (Fsp3) is 0.588. The highest BCUT2D eigenvalue weighted by Gasteiger charge is 2.24. The SMILES string of the molecule is CNC1CCCN(CC(=O)N(C)C(C)c2ccc(F)c(F)c2)C1.Cl. The number of nitrogens with one attached hydrogen (secondary N) is 1. The fourth-order valence-corrected chi connectivity index (χ4v) is 2.95. The molecule has 0 radical (unpaired) electrons. The number of benzene rings is 1. The van der Waals surface area contributed by atoms with Gasteiger partial charge in [0, 0.05) is 19.6 Å². The third-order valence-electron chi connectivity index (χ3n) is 4.67. The molecule has 0 aromatic heterocycles. The Balaban J connectivity index is 0.00000288. The molecule has 2 unspecified atom stereocenters. The first kappa shape index (κ1) is 20.8. The number of carbonyl (C=O) groups is 1. The van der Waals surface area contributed by atoms with Gasteiger partial charge in [-0.3, -0.25) is 9.69 Å². The van der Waals surface area contributed by atoms with Crippen LogP contribution in [-0.4, -0.2) is 55.5 Å². The van der Waals surface area contributed by atoms with E-state index in [-0.39, 0.29) is 24.4 Å². The van der Waals surface area contributed by atoms with Crippen molar-refractivity contribution in [1.29, 1.82) is 0 Å². The van der Waals surface area contributed by atoms with Gasteiger partial charge in [0.2, 0.25) is 5.91 Å². The summed E-state index contributed by atoms with van der Waals surface area (Å²) < 4.78 is 26.4. The number of likely N-dealkylation sites (tertiary alicyclic amines) is 1. The van der Waals surface area contributed by atoms with Crippen molar-refractivity contribution in [3.63, 3.8) is 0 Å². The van der Waals surface area contributed by atoms with Crippen molar-refractivity contribution in [2.45, 2.75) is 31.8 Å². The molecule has 0 bridgehead atoms. The first-order valence-corrected chi connectivity index (χ1v) is 8.02. The summed E-state index contributed by atoms with van der Waals surface area (Å²) in [6.45, 7) is 3.94. The summed E-state index contributed by atoms with van der Waals surface area (Å²) >= 11 is 0. The highest BCUT2D eigenvalue weighted by molar-refractivity contribution is 5.85. The van der Waals surface area contributed by atoms with Crippen molar-refractivity contribution in [3.8, 4) is 0 Å². The number of hydrogen-bond acceptors (Lipinski definition) is 3. The molecule has 4 nitrogen and oxygen atoms in total. The van der Waals surface area contributed by atoms with Crippen molar-refractivity contribution in [1.82, 2.24) is 15.1 Å². The topological polar surface area (TPSA) is 35.6 Å². The first-order valence-electron chi connectivity index (χ1n) is 8.02. The summed E-state index contributed by atoms with van der Waals surface area (Å²) in [4.78, 5) is 16.2. The largest absolute Gasteiger partial charge is 0.338 e. The molecule has 1 fully saturated rings. The van der Waals surface area contributed by atoms with Gasteiger partial charge in [-0.1, -0.05) is 6.07 Å². The molecule has 0 spiro atoms. The lowest BCUT2D eigenvalue weighted by molar-refractivity contribution is -0.133. The van der Waals surface area contributed by atoms with Gasteiger partial charge >= 0.3 is 0 Å². The Bertz CT molecular complexity index is 559. The predicted octanol–water partition coefficient (Wildman–Crippen LogP) is 2.59. The molecule has 24 heavy (non-hydrogen) atoms. The fourth-order valence-electron chi connectivity index (χ4n) is 2.95. The summed E-state index contributed by atoms with van der Waals surface area (Å²) in [7, 11) is 3.64. The number of halogens is 3. The average Bonchev–Trinajstić information content (AvgIpc) is 2.56. The average molecular weight is 362 g/mol. The van der Waals surface area contributed by atoms with Crippen LogP contribution in [0.5, 0.6) is 0 Å². The number of carbonyl (C=O) groups excluding carboxylic acids is 1. The van der Waals surface area contributed by atoms with E-state index in [1.807, 2.05) is 14.0 Å². The maximum absolute atomic E-state index is 13.4. The highest BCUT2D eigenvalue weighted by atomic mass is 35.5. The van der Waals surface area contributed by atoms with Crippen LogP contribution in [0.1, 0.15) is 31.4 Å². The molecule has 1 aromatic carbocycles. The van der Waals surface area contributed by atoms with E-state index in [1.165, 1.54) is 6.07 Å². The molecule has 1 amide bonds. The van der Waals surface area contributed by atoms with E-state index in [1.54, 1.807) is 11.9 Å². The van der Waals surface area contributed by atoms with Gasteiger partial charge in [-0.2, -0.15) is 0 Å². The maximum atomic E-state index is 13.4. The predicted molar refractivity (Wildman–Crippen MR) is 93.3 cm³/mol. The molecule has 7 heteroatoms. The van der Waals surface area contributed by atoms with Gasteiger partial charge in [0.05, 0.1) is 12.6 Å². The Morgan fingerprint density at radius 3 is 2.75 bits per heavy atom. The first-order chi connectivity index (χ1) is 10.9. The highest BCUT2D eigenvalue weighted by Crippen LogP contribution is 2.21. The molecule has 2 atom stereocenters. The van der Waals surface area contributed by atoms with Crippen LogP contribution in [0.2, 0.25) is 0 Å². The molecule has 1 aromatic rings. The maximum Gasteiger partial charge on any atom is 0.236 e. The zero-order valence-corrected chi connectivity index (χ0v) is 15.2. The molecule has 136 valence electrons. The van der Waals surface area contributed by atoms with Gasteiger partial charge in [0.1, 0.15) is 0 Å². The van der Waals surface area contributed by atoms with Gasteiger partial charge in [-0.05, 0) is 51.1 Å². The molecular weight excluding hydrogens is 336 g/mol. The lowest BCUT2D eigenvalue weighted by Gasteiger charge is -2.34. The normalized spacial score (nSPS) is 19.5. The summed E-state index contributed by atoms with van der Waals surface area (Å²) in [6.07, 6.45) is 2.20. The molecule has 1 aliphatic rings. The smallest absolute Gasteiger partial charge is 0.236 e. The molecule has 1 N–H and O–H groups in total. The molecule has 0 aliphatic carbocycles. The van der Waals surface area contributed by atoms with Crippen molar-refractivity contribution in [2.75, 3.05) is 33.7 Å². The third-order valence-corrected chi connectivity index (χ3v) is 4.67. The summed E-state index contributed by atoms with van der Waals surface area (Å²) in [6, 6.07) is 3.89. The second-order valence-electron chi connectivity index (χ2n) is 6.22. The van der Waals surface area contributed by atoms with E-state index in [2.05, 4.69) is 10.2 Å². The van der Waals surface area contributed by atoms with Crippen LogP contribution in [0.4, 0.5) is 8.78 Å². The summed E-state index contributed by atoms with van der Waals surface area (Å²) in [5.41, 5.74) is 0.589. The van der Waals surface area contributed by atoms with Gasteiger partial charge < -0.3 is 10.2 Å². The summed E-state index contributed by atoms with van der Waals surface area (Å²) in [5.74, 6) is -1.77. The van der Waals surface area contributed by atoms with Crippen molar-refractivity contribution in [2.24, 2.45) is 0 Å². The molecule has 0 saturated carbocycles. The number of hydrogen-bond donors (Lipinski definition) is 1. The zero-order valence-electron chi connectivity index (χ0n) is 14.4. The number of piperidine rings is 1. The Kier molecular flexibility index (Phi) is 8.06. The molecule has 1 aliphatic heterocycles. The van der Waals surface area contributed by atoms with Gasteiger partial charge in [0.25, 0.3) is 0 Å². The number of nitrogens with zero attached hydrogens (tertiary/aromatic N) is 2. The number of amides is 1.